The molecule has 4 rings (SSSR count). The zero-order chi connectivity index (χ0) is 20.5. The molecule has 1 atom stereocenters. The molecule has 3 heterocycles. The van der Waals surface area contributed by atoms with Gasteiger partial charge in [-0.1, -0.05) is 6.08 Å². The number of fused-ring (bicyclic) bond motifs is 1. The van der Waals surface area contributed by atoms with E-state index in [1.165, 1.54) is 17.9 Å². The maximum absolute atomic E-state index is 14.9. The number of anilines is 1. The van der Waals surface area contributed by atoms with E-state index in [0.717, 1.165) is 11.3 Å². The average Bonchev–Trinajstić information content (AvgIpc) is 3.28. The Balaban J connectivity index is 1.51. The predicted octanol–water partition coefficient (Wildman–Crippen LogP) is 1.62. The van der Waals surface area contributed by atoms with Crippen LogP contribution in [0.25, 0.3) is 5.57 Å². The summed E-state index contributed by atoms with van der Waals surface area (Å²) >= 11 is 0. The van der Waals surface area contributed by atoms with Gasteiger partial charge in [-0.2, -0.15) is 0 Å². The Morgan fingerprint density at radius 3 is 3.00 bits per heavy atom. The Labute approximate surface area is 166 Å². The third kappa shape index (κ3) is 3.73. The van der Waals surface area contributed by atoms with E-state index in [9.17, 15) is 19.1 Å². The maximum Gasteiger partial charge on any atom is 0.414 e. The van der Waals surface area contributed by atoms with Gasteiger partial charge in [-0.15, -0.1) is 0 Å². The number of halogens is 1. The molecule has 2 amide bonds. The quantitative estimate of drug-likeness (QED) is 0.795. The van der Waals surface area contributed by atoms with E-state index in [4.69, 9.17) is 4.74 Å². The number of allylic oxidation sites excluding steroid dienone is 2. The summed E-state index contributed by atoms with van der Waals surface area (Å²) in [6.07, 6.45) is 3.02. The summed E-state index contributed by atoms with van der Waals surface area (Å²) in [5.41, 5.74) is 3.13. The van der Waals surface area contributed by atoms with Crippen molar-refractivity contribution in [2.24, 2.45) is 0 Å². The SMILES string of the molecule is CC(=O)NC[C@H]1CN(c2ccc(C3=CCn4cnc(CO)c4C3)c(F)c2)C(=O)O1. The van der Waals surface area contributed by atoms with E-state index in [1.54, 1.807) is 18.5 Å². The third-order valence-corrected chi connectivity index (χ3v) is 5.14. The molecule has 1 saturated heterocycles. The first-order valence-electron chi connectivity index (χ1n) is 9.31. The molecule has 1 fully saturated rings. The van der Waals surface area contributed by atoms with Crippen LogP contribution in [0.2, 0.25) is 0 Å². The molecule has 0 saturated carbocycles. The molecule has 29 heavy (non-hydrogen) atoms. The van der Waals surface area contributed by atoms with Crippen LogP contribution in [-0.2, 0) is 29.1 Å². The third-order valence-electron chi connectivity index (χ3n) is 5.14. The Hall–Kier alpha value is -3.20. The monoisotopic (exact) mass is 400 g/mol. The molecule has 9 heteroatoms. The topological polar surface area (TPSA) is 96.7 Å². The van der Waals surface area contributed by atoms with Gasteiger partial charge in [0, 0.05) is 31.1 Å². The van der Waals surface area contributed by atoms with Crippen LogP contribution in [0.5, 0.6) is 0 Å². The van der Waals surface area contributed by atoms with Gasteiger partial charge in [-0.05, 0) is 23.8 Å². The number of amides is 2. The van der Waals surface area contributed by atoms with E-state index < -0.39 is 18.0 Å². The lowest BCUT2D eigenvalue weighted by Crippen LogP contribution is -2.33. The number of carbonyl (C=O) groups excluding carboxylic acids is 2. The molecule has 2 aliphatic heterocycles. The van der Waals surface area contributed by atoms with Crippen LogP contribution in [0.15, 0.2) is 30.6 Å². The van der Waals surface area contributed by atoms with Crippen LogP contribution in [0.3, 0.4) is 0 Å². The molecule has 1 aromatic carbocycles. The van der Waals surface area contributed by atoms with Gasteiger partial charge in [0.25, 0.3) is 0 Å². The number of carbonyl (C=O) groups is 2. The number of cyclic esters (lactones) is 1. The van der Waals surface area contributed by atoms with Crippen LogP contribution in [0.1, 0.15) is 23.9 Å². The fourth-order valence-electron chi connectivity index (χ4n) is 3.64. The highest BCUT2D eigenvalue weighted by Crippen LogP contribution is 2.31. The van der Waals surface area contributed by atoms with Crippen molar-refractivity contribution in [2.75, 3.05) is 18.0 Å². The van der Waals surface area contributed by atoms with Crippen molar-refractivity contribution in [1.29, 1.82) is 0 Å². The lowest BCUT2D eigenvalue weighted by molar-refractivity contribution is -0.119. The second kappa shape index (κ2) is 7.67. The molecular weight excluding hydrogens is 379 g/mol. The van der Waals surface area contributed by atoms with Gasteiger partial charge in [-0.25, -0.2) is 14.2 Å². The Bertz CT molecular complexity index is 1000. The molecule has 0 spiro atoms. The highest BCUT2D eigenvalue weighted by atomic mass is 19.1. The summed E-state index contributed by atoms with van der Waals surface area (Å²) in [6.45, 7) is 2.24. The van der Waals surface area contributed by atoms with Crippen molar-refractivity contribution >= 4 is 23.3 Å². The van der Waals surface area contributed by atoms with E-state index in [-0.39, 0.29) is 25.6 Å². The summed E-state index contributed by atoms with van der Waals surface area (Å²) in [4.78, 5) is 28.7. The normalized spacial score (nSPS) is 18.3. The summed E-state index contributed by atoms with van der Waals surface area (Å²) in [5, 5.41) is 12.0. The highest BCUT2D eigenvalue weighted by molar-refractivity contribution is 5.90. The van der Waals surface area contributed by atoms with Crippen molar-refractivity contribution in [3.63, 3.8) is 0 Å². The first kappa shape index (κ1) is 19.1. The lowest BCUT2D eigenvalue weighted by Gasteiger charge is -2.19. The number of nitrogens with one attached hydrogen (secondary N) is 1. The first-order valence-corrected chi connectivity index (χ1v) is 9.31. The Morgan fingerprint density at radius 1 is 1.45 bits per heavy atom. The number of rotatable bonds is 5. The molecule has 1 aromatic heterocycles. The number of aromatic nitrogens is 2. The Kier molecular flexibility index (Phi) is 5.06. The summed E-state index contributed by atoms with van der Waals surface area (Å²) in [6, 6.07) is 4.65. The van der Waals surface area contributed by atoms with E-state index in [0.29, 0.717) is 29.9 Å². The Morgan fingerprint density at radius 2 is 2.28 bits per heavy atom. The molecule has 2 N–H and O–H groups in total. The molecule has 0 unspecified atom stereocenters. The number of benzene rings is 1. The van der Waals surface area contributed by atoms with Crippen molar-refractivity contribution in [3.05, 3.63) is 53.4 Å². The molecule has 0 bridgehead atoms. The van der Waals surface area contributed by atoms with Crippen molar-refractivity contribution < 1.29 is 23.8 Å². The number of nitrogens with zero attached hydrogens (tertiary/aromatic N) is 3. The largest absolute Gasteiger partial charge is 0.442 e. The summed E-state index contributed by atoms with van der Waals surface area (Å²) in [7, 11) is 0. The van der Waals surface area contributed by atoms with Crippen molar-refractivity contribution in [3.8, 4) is 0 Å². The lowest BCUT2D eigenvalue weighted by atomic mass is 9.96. The van der Waals surface area contributed by atoms with Crippen molar-refractivity contribution in [2.45, 2.75) is 32.6 Å². The molecule has 8 nitrogen and oxygen atoms in total. The zero-order valence-corrected chi connectivity index (χ0v) is 15.9. The fourth-order valence-corrected chi connectivity index (χ4v) is 3.64. The first-order chi connectivity index (χ1) is 14.0. The van der Waals surface area contributed by atoms with E-state index in [2.05, 4.69) is 10.3 Å². The fraction of sp³-hybridized carbons (Fsp3) is 0.350. The molecule has 2 aliphatic rings. The molecule has 2 aromatic rings. The number of imidazole rings is 1. The number of aliphatic hydroxyl groups excluding tert-OH is 1. The van der Waals surface area contributed by atoms with Crippen molar-refractivity contribution in [1.82, 2.24) is 14.9 Å². The summed E-state index contributed by atoms with van der Waals surface area (Å²) < 4.78 is 22.1. The minimum absolute atomic E-state index is 0.159. The van der Waals surface area contributed by atoms with Gasteiger partial charge in [0.05, 0.1) is 37.4 Å². The number of ether oxygens (including phenoxy) is 1. The predicted molar refractivity (Wildman–Crippen MR) is 103 cm³/mol. The van der Waals surface area contributed by atoms with Crippen LogP contribution >= 0.6 is 0 Å². The molecule has 0 radical (unpaired) electrons. The van der Waals surface area contributed by atoms with Crippen LogP contribution < -0.4 is 10.2 Å². The van der Waals surface area contributed by atoms with Crippen LogP contribution in [0.4, 0.5) is 14.9 Å². The minimum Gasteiger partial charge on any atom is -0.442 e. The number of aliphatic hydroxyl groups is 1. The van der Waals surface area contributed by atoms with E-state index >= 15 is 0 Å². The van der Waals surface area contributed by atoms with E-state index in [1.807, 2.05) is 10.6 Å². The van der Waals surface area contributed by atoms with Gasteiger partial charge in [0.2, 0.25) is 5.91 Å². The second-order valence-corrected chi connectivity index (χ2v) is 7.07. The van der Waals surface area contributed by atoms with Gasteiger partial charge in [0.1, 0.15) is 11.9 Å². The number of hydrogen-bond acceptors (Lipinski definition) is 5. The molecule has 0 aliphatic carbocycles. The minimum atomic E-state index is -0.569. The second-order valence-electron chi connectivity index (χ2n) is 7.07. The van der Waals surface area contributed by atoms with Gasteiger partial charge < -0.3 is 19.7 Å². The smallest absolute Gasteiger partial charge is 0.414 e. The number of hydrogen-bond donors (Lipinski definition) is 2. The van der Waals surface area contributed by atoms with Gasteiger partial charge in [-0.3, -0.25) is 9.69 Å². The zero-order valence-electron chi connectivity index (χ0n) is 15.9. The molecular formula is C20H21FN4O4. The molecule has 152 valence electrons. The van der Waals surface area contributed by atoms with Gasteiger partial charge >= 0.3 is 6.09 Å². The van der Waals surface area contributed by atoms with Crippen LogP contribution in [-0.4, -0.2) is 45.9 Å². The summed E-state index contributed by atoms with van der Waals surface area (Å²) in [5.74, 6) is -0.647. The van der Waals surface area contributed by atoms with Gasteiger partial charge in [0.15, 0.2) is 0 Å². The van der Waals surface area contributed by atoms with Crippen LogP contribution in [0, 0.1) is 5.82 Å². The maximum atomic E-state index is 14.9. The average molecular weight is 400 g/mol. The highest BCUT2D eigenvalue weighted by Gasteiger charge is 2.33. The standard InChI is InChI=1S/C20H21FN4O4/c1-12(27)22-8-15-9-25(20(28)29-15)14-2-3-16(17(21)7-14)13-4-5-24-11-23-18(10-26)19(24)6-13/h2-4,7,11,15,26H,5-6,8-10H2,1H3,(H,22,27)/t15-/m0/s1.